The number of carbonyl (C=O) groups excluding carboxylic acids is 2. The topological polar surface area (TPSA) is 89.5 Å². The minimum Gasteiger partial charge on any atom is -0.495 e. The Morgan fingerprint density at radius 2 is 1.88 bits per heavy atom. The van der Waals surface area contributed by atoms with Crippen LogP contribution >= 0.6 is 11.3 Å². The highest BCUT2D eigenvalue weighted by Crippen LogP contribution is 2.25. The Labute approximate surface area is 154 Å². The van der Waals surface area contributed by atoms with Gasteiger partial charge in [-0.15, -0.1) is 0 Å². The Morgan fingerprint density at radius 3 is 2.69 bits per heavy atom. The van der Waals surface area contributed by atoms with Crippen LogP contribution in [0.4, 0.5) is 10.8 Å². The fraction of sp³-hybridized carbons (Fsp3) is 0.167. The van der Waals surface area contributed by atoms with Crippen LogP contribution in [0.2, 0.25) is 0 Å². The van der Waals surface area contributed by atoms with Crippen LogP contribution in [0.5, 0.6) is 5.75 Å². The van der Waals surface area contributed by atoms with Gasteiger partial charge >= 0.3 is 5.97 Å². The summed E-state index contributed by atoms with van der Waals surface area (Å²) in [5.74, 6) is -0.452. The minimum atomic E-state index is -0.542. The average Bonchev–Trinajstić information content (AvgIpc) is 3.08. The zero-order valence-electron chi connectivity index (χ0n) is 14.0. The Kier molecular flexibility index (Phi) is 5.65. The number of ether oxygens (including phenoxy) is 2. The molecule has 3 rings (SSSR count). The van der Waals surface area contributed by atoms with Gasteiger partial charge in [0.2, 0.25) is 0 Å². The number of carbonyl (C=O) groups is 2. The van der Waals surface area contributed by atoms with Crippen LogP contribution < -0.4 is 15.4 Å². The van der Waals surface area contributed by atoms with E-state index < -0.39 is 11.9 Å². The number of hydrogen-bond acceptors (Lipinski definition) is 7. The zero-order valence-corrected chi connectivity index (χ0v) is 14.8. The first-order valence-corrected chi connectivity index (χ1v) is 8.65. The number of nitrogens with one attached hydrogen (secondary N) is 2. The minimum absolute atomic E-state index is 0.0677. The van der Waals surface area contributed by atoms with Crippen molar-refractivity contribution in [3.05, 3.63) is 48.5 Å². The van der Waals surface area contributed by atoms with Gasteiger partial charge in [-0.3, -0.25) is 9.59 Å². The molecule has 2 aromatic carbocycles. The second kappa shape index (κ2) is 8.30. The SMILES string of the molecule is COc1ccccc1NC(=O)COC(=O)CNc1nc2ccccc2s1. The van der Waals surface area contributed by atoms with Crippen LogP contribution in [0.15, 0.2) is 48.5 Å². The predicted octanol–water partition coefficient (Wildman–Crippen LogP) is 2.90. The smallest absolute Gasteiger partial charge is 0.325 e. The van der Waals surface area contributed by atoms with Crippen LogP contribution in [0.3, 0.4) is 0 Å². The summed E-state index contributed by atoms with van der Waals surface area (Å²) in [5, 5.41) is 6.17. The molecule has 1 heterocycles. The number of rotatable bonds is 7. The number of fused-ring (bicyclic) bond motifs is 1. The van der Waals surface area contributed by atoms with Crippen molar-refractivity contribution < 1.29 is 19.1 Å². The zero-order chi connectivity index (χ0) is 18.4. The third-order valence-corrected chi connectivity index (χ3v) is 4.42. The second-order valence-electron chi connectivity index (χ2n) is 5.25. The molecular weight excluding hydrogens is 354 g/mol. The third-order valence-electron chi connectivity index (χ3n) is 3.42. The lowest BCUT2D eigenvalue weighted by Crippen LogP contribution is -2.24. The summed E-state index contributed by atoms with van der Waals surface area (Å²) >= 11 is 1.45. The summed E-state index contributed by atoms with van der Waals surface area (Å²) in [7, 11) is 1.51. The molecule has 1 amide bonds. The van der Waals surface area contributed by atoms with Gasteiger partial charge in [-0.1, -0.05) is 35.6 Å². The number of methoxy groups -OCH3 is 1. The first kappa shape index (κ1) is 17.7. The fourth-order valence-corrected chi connectivity index (χ4v) is 3.09. The summed E-state index contributed by atoms with van der Waals surface area (Å²) in [6.45, 7) is -0.444. The molecule has 0 fully saturated rings. The summed E-state index contributed by atoms with van der Waals surface area (Å²) in [4.78, 5) is 28.1. The largest absolute Gasteiger partial charge is 0.495 e. The van der Waals surface area contributed by atoms with Gasteiger partial charge in [0.15, 0.2) is 11.7 Å². The molecule has 0 saturated heterocycles. The predicted molar refractivity (Wildman–Crippen MR) is 101 cm³/mol. The van der Waals surface area contributed by atoms with E-state index >= 15 is 0 Å². The van der Waals surface area contributed by atoms with Crippen molar-refractivity contribution in [1.29, 1.82) is 0 Å². The Balaban J connectivity index is 1.45. The summed E-state index contributed by atoms with van der Waals surface area (Å²) in [6, 6.07) is 14.7. The van der Waals surface area contributed by atoms with Crippen molar-refractivity contribution in [2.75, 3.05) is 30.9 Å². The molecule has 1 aromatic heterocycles. The van der Waals surface area contributed by atoms with E-state index in [0.29, 0.717) is 16.6 Å². The molecule has 2 N–H and O–H groups in total. The van der Waals surface area contributed by atoms with Gasteiger partial charge < -0.3 is 20.1 Å². The maximum atomic E-state index is 11.9. The van der Waals surface area contributed by atoms with Crippen molar-refractivity contribution in [3.63, 3.8) is 0 Å². The van der Waals surface area contributed by atoms with E-state index in [2.05, 4.69) is 15.6 Å². The van der Waals surface area contributed by atoms with Crippen molar-refractivity contribution in [1.82, 2.24) is 4.98 Å². The number of aromatic nitrogens is 1. The van der Waals surface area contributed by atoms with Gasteiger partial charge in [0.1, 0.15) is 12.3 Å². The first-order chi connectivity index (χ1) is 12.7. The number of esters is 1. The Bertz CT molecular complexity index is 892. The maximum Gasteiger partial charge on any atom is 0.325 e. The number of para-hydroxylation sites is 3. The highest BCUT2D eigenvalue weighted by molar-refractivity contribution is 7.22. The quantitative estimate of drug-likeness (QED) is 0.621. The highest BCUT2D eigenvalue weighted by atomic mass is 32.1. The molecule has 0 bridgehead atoms. The molecule has 0 unspecified atom stereocenters. The van der Waals surface area contributed by atoms with Crippen LogP contribution in [0.1, 0.15) is 0 Å². The molecule has 0 radical (unpaired) electrons. The average molecular weight is 371 g/mol. The lowest BCUT2D eigenvalue weighted by Gasteiger charge is -2.10. The van der Waals surface area contributed by atoms with E-state index in [9.17, 15) is 9.59 Å². The molecule has 134 valence electrons. The van der Waals surface area contributed by atoms with E-state index in [1.165, 1.54) is 18.4 Å². The number of thiazole rings is 1. The molecule has 0 saturated carbocycles. The Morgan fingerprint density at radius 1 is 1.12 bits per heavy atom. The molecule has 7 nitrogen and oxygen atoms in total. The van der Waals surface area contributed by atoms with E-state index in [4.69, 9.17) is 9.47 Å². The van der Waals surface area contributed by atoms with Crippen LogP contribution in [0.25, 0.3) is 10.2 Å². The van der Waals surface area contributed by atoms with E-state index in [1.54, 1.807) is 24.3 Å². The first-order valence-electron chi connectivity index (χ1n) is 7.83. The van der Waals surface area contributed by atoms with Gasteiger partial charge in [0.05, 0.1) is 23.0 Å². The Hall–Kier alpha value is -3.13. The molecular formula is C18H17N3O4S. The van der Waals surface area contributed by atoms with Crippen LogP contribution in [0, 0.1) is 0 Å². The van der Waals surface area contributed by atoms with Crippen molar-refractivity contribution >= 4 is 44.2 Å². The number of hydrogen-bond donors (Lipinski definition) is 2. The number of amides is 1. The molecule has 0 aliphatic carbocycles. The summed E-state index contributed by atoms with van der Waals surface area (Å²) in [5.41, 5.74) is 1.38. The number of nitrogens with zero attached hydrogens (tertiary/aromatic N) is 1. The number of anilines is 2. The van der Waals surface area contributed by atoms with Crippen molar-refractivity contribution in [3.8, 4) is 5.75 Å². The fourth-order valence-electron chi connectivity index (χ4n) is 2.23. The van der Waals surface area contributed by atoms with Crippen molar-refractivity contribution in [2.45, 2.75) is 0 Å². The number of benzene rings is 2. The normalized spacial score (nSPS) is 10.3. The van der Waals surface area contributed by atoms with E-state index in [-0.39, 0.29) is 13.2 Å². The second-order valence-corrected chi connectivity index (χ2v) is 6.28. The standard InChI is InChI=1S/C18H17N3O4S/c1-24-14-8-4-2-6-12(14)20-16(22)11-25-17(23)10-19-18-21-13-7-3-5-9-15(13)26-18/h2-9H,10-11H2,1H3,(H,19,21)(H,20,22). The summed E-state index contributed by atoms with van der Waals surface area (Å²) < 4.78 is 11.1. The molecule has 8 heteroatoms. The molecule has 0 aliphatic rings. The van der Waals surface area contributed by atoms with E-state index in [0.717, 1.165) is 10.2 Å². The van der Waals surface area contributed by atoms with Gasteiger partial charge in [-0.2, -0.15) is 0 Å². The highest BCUT2D eigenvalue weighted by Gasteiger charge is 2.11. The lowest BCUT2D eigenvalue weighted by atomic mass is 10.3. The summed E-state index contributed by atoms with van der Waals surface area (Å²) in [6.07, 6.45) is 0. The molecule has 26 heavy (non-hydrogen) atoms. The third kappa shape index (κ3) is 4.48. The molecule has 0 atom stereocenters. The lowest BCUT2D eigenvalue weighted by molar-refractivity contribution is -0.145. The maximum absolute atomic E-state index is 11.9. The van der Waals surface area contributed by atoms with Gasteiger partial charge in [0, 0.05) is 0 Å². The van der Waals surface area contributed by atoms with Crippen LogP contribution in [-0.2, 0) is 14.3 Å². The van der Waals surface area contributed by atoms with Gasteiger partial charge in [0.25, 0.3) is 5.91 Å². The van der Waals surface area contributed by atoms with Crippen LogP contribution in [-0.4, -0.2) is 37.1 Å². The van der Waals surface area contributed by atoms with Crippen molar-refractivity contribution in [2.24, 2.45) is 0 Å². The molecule has 3 aromatic rings. The molecule has 0 aliphatic heterocycles. The van der Waals surface area contributed by atoms with Gasteiger partial charge in [-0.25, -0.2) is 4.98 Å². The molecule has 0 spiro atoms. The van der Waals surface area contributed by atoms with E-state index in [1.807, 2.05) is 24.3 Å². The van der Waals surface area contributed by atoms with Gasteiger partial charge in [-0.05, 0) is 24.3 Å². The monoisotopic (exact) mass is 371 g/mol.